The predicted octanol–water partition coefficient (Wildman–Crippen LogP) is 5.56. The number of nitrogens with one attached hydrogen (secondary N) is 1. The van der Waals surface area contributed by atoms with Gasteiger partial charge in [0.2, 0.25) is 0 Å². The second kappa shape index (κ2) is 8.58. The maximum absolute atomic E-state index is 12.7. The Morgan fingerprint density at radius 3 is 2.50 bits per heavy atom. The first-order valence-corrected chi connectivity index (χ1v) is 9.67. The molecule has 0 aliphatic heterocycles. The Balaban J connectivity index is 1.52. The molecule has 8 heteroatoms. The van der Waals surface area contributed by atoms with Gasteiger partial charge in [0, 0.05) is 29.3 Å². The highest BCUT2D eigenvalue weighted by atomic mass is 19.4. The number of hydrogen-bond donors (Lipinski definition) is 2. The van der Waals surface area contributed by atoms with Crippen LogP contribution in [0.2, 0.25) is 0 Å². The first kappa shape index (κ1) is 21.2. The van der Waals surface area contributed by atoms with Gasteiger partial charge in [-0.1, -0.05) is 18.2 Å². The SMILES string of the molecule is Nc1ncccc1CNC(=O)c1ccc2c(Oc3ccc(C(F)(F)F)cc3)cccc2c1. The quantitative estimate of drug-likeness (QED) is 0.429. The molecule has 3 aromatic carbocycles. The number of anilines is 1. The van der Waals surface area contributed by atoms with Crippen LogP contribution >= 0.6 is 0 Å². The number of carbonyl (C=O) groups is 1. The number of hydrogen-bond acceptors (Lipinski definition) is 4. The van der Waals surface area contributed by atoms with Crippen molar-refractivity contribution in [2.24, 2.45) is 0 Å². The van der Waals surface area contributed by atoms with E-state index >= 15 is 0 Å². The molecular formula is C24H18F3N3O2. The molecule has 0 spiro atoms. The van der Waals surface area contributed by atoms with Crippen molar-refractivity contribution >= 4 is 22.5 Å². The van der Waals surface area contributed by atoms with Crippen molar-refractivity contribution in [2.45, 2.75) is 12.7 Å². The zero-order chi connectivity index (χ0) is 22.7. The minimum Gasteiger partial charge on any atom is -0.457 e. The number of fused-ring (bicyclic) bond motifs is 1. The van der Waals surface area contributed by atoms with Gasteiger partial charge in [-0.05, 0) is 60.0 Å². The number of alkyl halides is 3. The van der Waals surface area contributed by atoms with Crippen LogP contribution in [-0.2, 0) is 12.7 Å². The number of halogens is 3. The van der Waals surface area contributed by atoms with Crippen LogP contribution in [0.15, 0.2) is 79.0 Å². The summed E-state index contributed by atoms with van der Waals surface area (Å²) < 4.78 is 44.0. The van der Waals surface area contributed by atoms with E-state index in [1.807, 2.05) is 6.07 Å². The van der Waals surface area contributed by atoms with Gasteiger partial charge in [-0.25, -0.2) is 4.98 Å². The number of pyridine rings is 1. The highest BCUT2D eigenvalue weighted by Gasteiger charge is 2.30. The molecule has 0 fully saturated rings. The molecule has 0 radical (unpaired) electrons. The topological polar surface area (TPSA) is 77.2 Å². The summed E-state index contributed by atoms with van der Waals surface area (Å²) in [6.45, 7) is 0.244. The van der Waals surface area contributed by atoms with Crippen LogP contribution in [0.25, 0.3) is 10.8 Å². The molecule has 4 aromatic rings. The van der Waals surface area contributed by atoms with Crippen LogP contribution in [0.4, 0.5) is 19.0 Å². The number of nitrogen functional groups attached to an aromatic ring is 1. The normalized spacial score (nSPS) is 11.3. The molecule has 0 aliphatic rings. The maximum Gasteiger partial charge on any atom is 0.416 e. The van der Waals surface area contributed by atoms with Crippen LogP contribution < -0.4 is 15.8 Å². The van der Waals surface area contributed by atoms with Gasteiger partial charge in [0.15, 0.2) is 0 Å². The Bertz CT molecular complexity index is 1270. The first-order valence-electron chi connectivity index (χ1n) is 9.67. The minimum absolute atomic E-state index is 0.244. The van der Waals surface area contributed by atoms with Gasteiger partial charge >= 0.3 is 6.18 Å². The molecule has 0 saturated carbocycles. The van der Waals surface area contributed by atoms with E-state index in [1.54, 1.807) is 48.7 Å². The predicted molar refractivity (Wildman–Crippen MR) is 115 cm³/mol. The van der Waals surface area contributed by atoms with E-state index < -0.39 is 11.7 Å². The Labute approximate surface area is 181 Å². The van der Waals surface area contributed by atoms with E-state index in [4.69, 9.17) is 10.5 Å². The molecule has 162 valence electrons. The lowest BCUT2D eigenvalue weighted by atomic mass is 10.1. The van der Waals surface area contributed by atoms with E-state index in [9.17, 15) is 18.0 Å². The Morgan fingerprint density at radius 2 is 1.78 bits per heavy atom. The van der Waals surface area contributed by atoms with Gasteiger partial charge in [-0.3, -0.25) is 4.79 Å². The van der Waals surface area contributed by atoms with Crippen LogP contribution in [0.1, 0.15) is 21.5 Å². The summed E-state index contributed by atoms with van der Waals surface area (Å²) >= 11 is 0. The van der Waals surface area contributed by atoms with Crippen molar-refractivity contribution in [1.29, 1.82) is 0 Å². The number of nitrogens with two attached hydrogens (primary N) is 1. The third-order valence-electron chi connectivity index (χ3n) is 4.88. The van der Waals surface area contributed by atoms with Crippen molar-refractivity contribution in [1.82, 2.24) is 10.3 Å². The summed E-state index contributed by atoms with van der Waals surface area (Å²) in [4.78, 5) is 16.6. The lowest BCUT2D eigenvalue weighted by molar-refractivity contribution is -0.137. The van der Waals surface area contributed by atoms with Crippen LogP contribution in [0.3, 0.4) is 0 Å². The van der Waals surface area contributed by atoms with Crippen molar-refractivity contribution in [3.8, 4) is 11.5 Å². The number of nitrogens with zero attached hydrogens (tertiary/aromatic N) is 1. The summed E-state index contributed by atoms with van der Waals surface area (Å²) in [6.07, 6.45) is -2.83. The Hall–Kier alpha value is -4.07. The molecule has 3 N–H and O–H groups in total. The molecule has 1 heterocycles. The fraction of sp³-hybridized carbons (Fsp3) is 0.0833. The summed E-state index contributed by atoms with van der Waals surface area (Å²) in [5.74, 6) is 0.833. The van der Waals surface area contributed by atoms with E-state index in [-0.39, 0.29) is 18.2 Å². The first-order chi connectivity index (χ1) is 15.3. The minimum atomic E-state index is -4.41. The van der Waals surface area contributed by atoms with Gasteiger partial charge < -0.3 is 15.8 Å². The highest BCUT2D eigenvalue weighted by Crippen LogP contribution is 2.33. The lowest BCUT2D eigenvalue weighted by Crippen LogP contribution is -2.23. The number of ether oxygens (including phenoxy) is 1. The number of aromatic nitrogens is 1. The van der Waals surface area contributed by atoms with Crippen molar-refractivity contribution < 1.29 is 22.7 Å². The second-order valence-corrected chi connectivity index (χ2v) is 7.05. The average molecular weight is 437 g/mol. The summed E-state index contributed by atoms with van der Waals surface area (Å²) in [6, 6.07) is 18.4. The van der Waals surface area contributed by atoms with E-state index in [0.717, 1.165) is 22.9 Å². The van der Waals surface area contributed by atoms with Gasteiger partial charge in [-0.15, -0.1) is 0 Å². The second-order valence-electron chi connectivity index (χ2n) is 7.05. The monoisotopic (exact) mass is 437 g/mol. The third-order valence-corrected chi connectivity index (χ3v) is 4.88. The number of carbonyl (C=O) groups excluding carboxylic acids is 1. The number of rotatable bonds is 5. The van der Waals surface area contributed by atoms with Gasteiger partial charge in [0.25, 0.3) is 5.91 Å². The van der Waals surface area contributed by atoms with Gasteiger partial charge in [0.05, 0.1) is 5.56 Å². The molecule has 1 aromatic heterocycles. The molecule has 1 amide bonds. The van der Waals surface area contributed by atoms with Crippen molar-refractivity contribution in [2.75, 3.05) is 5.73 Å². The summed E-state index contributed by atoms with van der Waals surface area (Å²) in [5.41, 5.74) is 6.22. The molecule has 0 saturated heterocycles. The third kappa shape index (κ3) is 4.64. The molecule has 0 unspecified atom stereocenters. The van der Waals surface area contributed by atoms with Crippen LogP contribution in [-0.4, -0.2) is 10.9 Å². The average Bonchev–Trinajstić information content (AvgIpc) is 2.78. The zero-order valence-corrected chi connectivity index (χ0v) is 16.7. The molecule has 0 bridgehead atoms. The van der Waals surface area contributed by atoms with Crippen molar-refractivity contribution in [3.05, 3.63) is 95.7 Å². The van der Waals surface area contributed by atoms with Gasteiger partial charge in [-0.2, -0.15) is 13.2 Å². The Kier molecular flexibility index (Phi) is 5.68. The van der Waals surface area contributed by atoms with E-state index in [1.165, 1.54) is 12.1 Å². The molecule has 0 aliphatic carbocycles. The highest BCUT2D eigenvalue weighted by molar-refractivity contribution is 6.00. The Morgan fingerprint density at radius 1 is 1.00 bits per heavy atom. The zero-order valence-electron chi connectivity index (χ0n) is 16.7. The van der Waals surface area contributed by atoms with E-state index in [0.29, 0.717) is 22.7 Å². The molecular weight excluding hydrogens is 419 g/mol. The van der Waals surface area contributed by atoms with Crippen LogP contribution in [0, 0.1) is 0 Å². The molecule has 4 rings (SSSR count). The molecule has 5 nitrogen and oxygen atoms in total. The fourth-order valence-corrected chi connectivity index (χ4v) is 3.20. The summed E-state index contributed by atoms with van der Waals surface area (Å²) in [5, 5.41) is 4.29. The molecule has 32 heavy (non-hydrogen) atoms. The van der Waals surface area contributed by atoms with Crippen molar-refractivity contribution in [3.63, 3.8) is 0 Å². The fourth-order valence-electron chi connectivity index (χ4n) is 3.20. The standard InChI is InChI=1S/C24H18F3N3O2/c25-24(26,27)18-7-9-19(10-8-18)32-21-5-1-3-15-13-16(6-11-20(15)21)23(31)30-14-17-4-2-12-29-22(17)28/h1-13H,14H2,(H2,28,29)(H,30,31). The maximum atomic E-state index is 12.7. The molecule has 0 atom stereocenters. The summed E-state index contributed by atoms with van der Waals surface area (Å²) in [7, 11) is 0. The number of benzene rings is 3. The lowest BCUT2D eigenvalue weighted by Gasteiger charge is -2.12. The largest absolute Gasteiger partial charge is 0.457 e. The van der Waals surface area contributed by atoms with Crippen LogP contribution in [0.5, 0.6) is 11.5 Å². The van der Waals surface area contributed by atoms with Gasteiger partial charge in [0.1, 0.15) is 17.3 Å². The number of amides is 1. The smallest absolute Gasteiger partial charge is 0.416 e. The van der Waals surface area contributed by atoms with E-state index in [2.05, 4.69) is 10.3 Å².